The van der Waals surface area contributed by atoms with Crippen molar-refractivity contribution in [1.29, 1.82) is 0 Å². The Balaban J connectivity index is 0.00000338. The molecule has 0 aliphatic rings. The van der Waals surface area contributed by atoms with Crippen molar-refractivity contribution in [3.63, 3.8) is 0 Å². The second kappa shape index (κ2) is 10.0. The summed E-state index contributed by atoms with van der Waals surface area (Å²) in [7, 11) is 1.63. The van der Waals surface area contributed by atoms with Crippen LogP contribution in [0.25, 0.3) is 0 Å². The van der Waals surface area contributed by atoms with Gasteiger partial charge in [-0.25, -0.2) is 4.39 Å². The molecule has 0 heterocycles. The Kier molecular flexibility index (Phi) is 8.43. The number of nitro groups is 1. The third-order valence-electron chi connectivity index (χ3n) is 3.85. The number of halogens is 2. The number of guanidine groups is 1. The molecule has 6 nitrogen and oxygen atoms in total. The number of non-ortho nitro benzene ring substituents is 1. The Morgan fingerprint density at radius 2 is 2.04 bits per heavy atom. The summed E-state index contributed by atoms with van der Waals surface area (Å²) in [6.07, 6.45) is 0. The van der Waals surface area contributed by atoms with Crippen LogP contribution in [0.1, 0.15) is 29.7 Å². The number of nitro benzene ring substituents is 1. The number of hydrogen-bond donors (Lipinski definition) is 2. The minimum atomic E-state index is -0.426. The maximum Gasteiger partial charge on any atom is 0.269 e. The van der Waals surface area contributed by atoms with E-state index in [0.717, 1.165) is 11.1 Å². The summed E-state index contributed by atoms with van der Waals surface area (Å²) >= 11 is 0. The van der Waals surface area contributed by atoms with E-state index in [2.05, 4.69) is 15.6 Å². The van der Waals surface area contributed by atoms with E-state index < -0.39 is 4.92 Å². The molecule has 0 aromatic heterocycles. The van der Waals surface area contributed by atoms with Crippen molar-refractivity contribution in [2.24, 2.45) is 4.99 Å². The molecule has 0 saturated heterocycles. The van der Waals surface area contributed by atoms with E-state index in [4.69, 9.17) is 0 Å². The molecule has 0 amide bonds. The van der Waals surface area contributed by atoms with Crippen LogP contribution < -0.4 is 10.6 Å². The zero-order valence-corrected chi connectivity index (χ0v) is 17.2. The molecule has 1 unspecified atom stereocenters. The first-order valence-corrected chi connectivity index (χ1v) is 7.87. The van der Waals surface area contributed by atoms with Crippen molar-refractivity contribution in [1.82, 2.24) is 10.6 Å². The average molecular weight is 472 g/mol. The van der Waals surface area contributed by atoms with Crippen LogP contribution in [0.3, 0.4) is 0 Å². The highest BCUT2D eigenvalue weighted by molar-refractivity contribution is 14.0. The zero-order chi connectivity index (χ0) is 18.4. The predicted molar refractivity (Wildman–Crippen MR) is 111 cm³/mol. The van der Waals surface area contributed by atoms with Gasteiger partial charge in [-0.1, -0.05) is 24.3 Å². The normalized spacial score (nSPS) is 12.1. The van der Waals surface area contributed by atoms with E-state index in [0.29, 0.717) is 18.1 Å². The highest BCUT2D eigenvalue weighted by Gasteiger charge is 2.10. The van der Waals surface area contributed by atoms with Gasteiger partial charge in [0.15, 0.2) is 5.96 Å². The number of benzene rings is 2. The molecule has 0 fully saturated rings. The molecule has 0 aliphatic heterocycles. The molecule has 0 radical (unpaired) electrons. The lowest BCUT2D eigenvalue weighted by molar-refractivity contribution is -0.384. The first kappa shape index (κ1) is 21.8. The Morgan fingerprint density at radius 3 is 2.65 bits per heavy atom. The number of aliphatic imine (C=N–C) groups is 1. The molecular formula is C18H22FIN4O2. The molecule has 2 aromatic carbocycles. The molecular weight excluding hydrogens is 450 g/mol. The lowest BCUT2D eigenvalue weighted by Gasteiger charge is -2.18. The van der Waals surface area contributed by atoms with Gasteiger partial charge in [-0.2, -0.15) is 0 Å². The monoisotopic (exact) mass is 472 g/mol. The molecule has 2 N–H and O–H groups in total. The molecule has 0 saturated carbocycles. The SMILES string of the molecule is CN=C(NCc1cccc([N+](=O)[O-])c1)NC(C)c1ccc(C)c(F)c1.I. The van der Waals surface area contributed by atoms with E-state index in [-0.39, 0.29) is 41.5 Å². The molecule has 140 valence electrons. The Labute approximate surface area is 169 Å². The zero-order valence-electron chi connectivity index (χ0n) is 14.8. The van der Waals surface area contributed by atoms with Crippen LogP contribution in [-0.2, 0) is 6.54 Å². The van der Waals surface area contributed by atoms with E-state index in [9.17, 15) is 14.5 Å². The topological polar surface area (TPSA) is 79.6 Å². The summed E-state index contributed by atoms with van der Waals surface area (Å²) in [5.41, 5.74) is 2.22. The first-order chi connectivity index (χ1) is 11.9. The molecule has 26 heavy (non-hydrogen) atoms. The van der Waals surface area contributed by atoms with Crippen molar-refractivity contribution in [3.8, 4) is 0 Å². The van der Waals surface area contributed by atoms with Gasteiger partial charge in [0, 0.05) is 25.7 Å². The Morgan fingerprint density at radius 1 is 1.31 bits per heavy atom. The van der Waals surface area contributed by atoms with Crippen molar-refractivity contribution in [2.45, 2.75) is 26.4 Å². The van der Waals surface area contributed by atoms with Gasteiger partial charge in [0.25, 0.3) is 5.69 Å². The third-order valence-corrected chi connectivity index (χ3v) is 3.85. The van der Waals surface area contributed by atoms with Crippen LogP contribution in [-0.4, -0.2) is 17.9 Å². The summed E-state index contributed by atoms with van der Waals surface area (Å²) in [6.45, 7) is 4.01. The van der Waals surface area contributed by atoms with Crippen molar-refractivity contribution in [3.05, 3.63) is 75.1 Å². The van der Waals surface area contributed by atoms with Gasteiger partial charge < -0.3 is 10.6 Å². The van der Waals surface area contributed by atoms with Crippen LogP contribution in [0.2, 0.25) is 0 Å². The van der Waals surface area contributed by atoms with Crippen molar-refractivity contribution >= 4 is 35.6 Å². The minimum absolute atomic E-state index is 0. The molecule has 2 aromatic rings. The summed E-state index contributed by atoms with van der Waals surface area (Å²) in [5, 5.41) is 17.1. The molecule has 0 bridgehead atoms. The second-order valence-corrected chi connectivity index (χ2v) is 5.73. The molecule has 1 atom stereocenters. The van der Waals surface area contributed by atoms with E-state index >= 15 is 0 Å². The van der Waals surface area contributed by atoms with Crippen LogP contribution >= 0.6 is 24.0 Å². The summed E-state index contributed by atoms with van der Waals surface area (Å²) in [4.78, 5) is 14.5. The standard InChI is InChI=1S/C18H21FN4O2.HI/c1-12-7-8-15(10-17(12)19)13(2)22-18(20-3)21-11-14-5-4-6-16(9-14)23(24)25;/h4-10,13H,11H2,1-3H3,(H2,20,21,22);1H. The van der Waals surface area contributed by atoms with Crippen molar-refractivity contribution in [2.75, 3.05) is 7.05 Å². The largest absolute Gasteiger partial charge is 0.352 e. The fourth-order valence-corrected chi connectivity index (χ4v) is 2.33. The van der Waals surface area contributed by atoms with Gasteiger partial charge in [0.2, 0.25) is 0 Å². The molecule has 0 spiro atoms. The lowest BCUT2D eigenvalue weighted by atomic mass is 10.1. The highest BCUT2D eigenvalue weighted by atomic mass is 127. The molecule has 2 rings (SSSR count). The summed E-state index contributed by atoms with van der Waals surface area (Å²) in [6, 6.07) is 11.4. The van der Waals surface area contributed by atoms with Gasteiger partial charge in [-0.3, -0.25) is 15.1 Å². The Hall–Kier alpha value is -2.23. The van der Waals surface area contributed by atoms with Gasteiger partial charge in [-0.15, -0.1) is 24.0 Å². The van der Waals surface area contributed by atoms with Crippen LogP contribution in [0.4, 0.5) is 10.1 Å². The lowest BCUT2D eigenvalue weighted by Crippen LogP contribution is -2.38. The fraction of sp³-hybridized carbons (Fsp3) is 0.278. The average Bonchev–Trinajstić information content (AvgIpc) is 2.60. The Bertz CT molecular complexity index is 799. The van der Waals surface area contributed by atoms with Crippen LogP contribution in [0.5, 0.6) is 0 Å². The second-order valence-electron chi connectivity index (χ2n) is 5.73. The molecule has 8 heteroatoms. The molecule has 0 aliphatic carbocycles. The van der Waals surface area contributed by atoms with Gasteiger partial charge in [-0.05, 0) is 36.6 Å². The van der Waals surface area contributed by atoms with Gasteiger partial charge >= 0.3 is 0 Å². The van der Waals surface area contributed by atoms with Crippen LogP contribution in [0, 0.1) is 22.9 Å². The summed E-state index contributed by atoms with van der Waals surface area (Å²) < 4.78 is 13.7. The summed E-state index contributed by atoms with van der Waals surface area (Å²) in [5.74, 6) is 0.283. The quantitative estimate of drug-likeness (QED) is 0.226. The number of rotatable bonds is 5. The van der Waals surface area contributed by atoms with Crippen molar-refractivity contribution < 1.29 is 9.31 Å². The maximum atomic E-state index is 13.7. The predicted octanol–water partition coefficient (Wildman–Crippen LogP) is 4.09. The number of hydrogen-bond acceptors (Lipinski definition) is 3. The van der Waals surface area contributed by atoms with E-state index in [1.165, 1.54) is 18.2 Å². The minimum Gasteiger partial charge on any atom is -0.352 e. The van der Waals surface area contributed by atoms with Crippen LogP contribution in [0.15, 0.2) is 47.5 Å². The smallest absolute Gasteiger partial charge is 0.269 e. The van der Waals surface area contributed by atoms with Gasteiger partial charge in [0.1, 0.15) is 5.82 Å². The maximum absolute atomic E-state index is 13.7. The first-order valence-electron chi connectivity index (χ1n) is 7.87. The van der Waals surface area contributed by atoms with E-state index in [1.54, 1.807) is 32.2 Å². The fourth-order valence-electron chi connectivity index (χ4n) is 2.33. The number of aryl methyl sites for hydroxylation is 1. The van der Waals surface area contributed by atoms with E-state index in [1.807, 2.05) is 13.0 Å². The third kappa shape index (κ3) is 5.94. The van der Waals surface area contributed by atoms with Gasteiger partial charge in [0.05, 0.1) is 11.0 Å². The number of nitrogens with one attached hydrogen (secondary N) is 2. The highest BCUT2D eigenvalue weighted by Crippen LogP contribution is 2.16. The number of nitrogens with zero attached hydrogens (tertiary/aromatic N) is 2.